The lowest BCUT2D eigenvalue weighted by atomic mass is 10.1. The van der Waals surface area contributed by atoms with Crippen LogP contribution < -0.4 is 10.6 Å². The Bertz CT molecular complexity index is 621. The van der Waals surface area contributed by atoms with Crippen molar-refractivity contribution in [1.82, 2.24) is 4.98 Å². The first kappa shape index (κ1) is 15.2. The summed E-state index contributed by atoms with van der Waals surface area (Å²) in [5.74, 6) is 0. The SMILES string of the molecule is Cc1ccc(CN(C)c2cc(C(F)(F)F)ncc2N)cc1. The minimum absolute atomic E-state index is 0.220. The number of nitrogens with two attached hydrogens (primary N) is 1. The van der Waals surface area contributed by atoms with Crippen molar-refractivity contribution in [1.29, 1.82) is 0 Å². The maximum absolute atomic E-state index is 12.7. The highest BCUT2D eigenvalue weighted by Crippen LogP contribution is 2.32. The van der Waals surface area contributed by atoms with E-state index < -0.39 is 11.9 Å². The van der Waals surface area contributed by atoms with Gasteiger partial charge in [0.2, 0.25) is 0 Å². The second-order valence-electron chi connectivity index (χ2n) is 4.97. The molecule has 0 spiro atoms. The Hall–Kier alpha value is -2.24. The Labute approximate surface area is 121 Å². The van der Waals surface area contributed by atoms with Crippen LogP contribution in [0.5, 0.6) is 0 Å². The van der Waals surface area contributed by atoms with Crippen LogP contribution in [0.25, 0.3) is 0 Å². The molecule has 6 heteroatoms. The average Bonchev–Trinajstić information content (AvgIpc) is 2.40. The Morgan fingerprint density at radius 2 is 1.81 bits per heavy atom. The first-order valence-electron chi connectivity index (χ1n) is 6.37. The van der Waals surface area contributed by atoms with Gasteiger partial charge >= 0.3 is 6.18 Å². The fraction of sp³-hybridized carbons (Fsp3) is 0.267. The number of nitrogen functional groups attached to an aromatic ring is 1. The molecule has 0 fully saturated rings. The first-order valence-corrected chi connectivity index (χ1v) is 6.37. The van der Waals surface area contributed by atoms with E-state index in [1.807, 2.05) is 31.2 Å². The lowest BCUT2D eigenvalue weighted by molar-refractivity contribution is -0.141. The predicted molar refractivity (Wildman–Crippen MR) is 76.9 cm³/mol. The van der Waals surface area contributed by atoms with Crippen molar-refractivity contribution in [3.8, 4) is 0 Å². The summed E-state index contributed by atoms with van der Waals surface area (Å²) in [6.07, 6.45) is -3.43. The van der Waals surface area contributed by atoms with Gasteiger partial charge in [-0.15, -0.1) is 0 Å². The Morgan fingerprint density at radius 3 is 2.38 bits per heavy atom. The summed E-state index contributed by atoms with van der Waals surface area (Å²) >= 11 is 0. The van der Waals surface area contributed by atoms with Crippen molar-refractivity contribution < 1.29 is 13.2 Å². The van der Waals surface area contributed by atoms with Gasteiger partial charge in [-0.2, -0.15) is 13.2 Å². The molecule has 0 aliphatic heterocycles. The summed E-state index contributed by atoms with van der Waals surface area (Å²) in [5, 5.41) is 0. The molecular weight excluding hydrogens is 279 g/mol. The molecule has 1 aromatic heterocycles. The molecule has 0 saturated carbocycles. The molecule has 0 bridgehead atoms. The Morgan fingerprint density at radius 1 is 1.19 bits per heavy atom. The quantitative estimate of drug-likeness (QED) is 0.940. The zero-order valence-corrected chi connectivity index (χ0v) is 11.8. The van der Waals surface area contributed by atoms with Crippen molar-refractivity contribution >= 4 is 11.4 Å². The zero-order valence-electron chi connectivity index (χ0n) is 11.8. The molecular formula is C15H16F3N3. The van der Waals surface area contributed by atoms with Gasteiger partial charge in [-0.25, -0.2) is 4.98 Å². The van der Waals surface area contributed by atoms with Gasteiger partial charge in [0, 0.05) is 13.6 Å². The van der Waals surface area contributed by atoms with Gasteiger partial charge in [-0.05, 0) is 18.6 Å². The number of nitrogens with zero attached hydrogens (tertiary/aromatic N) is 2. The molecule has 0 amide bonds. The minimum Gasteiger partial charge on any atom is -0.396 e. The van der Waals surface area contributed by atoms with Gasteiger partial charge in [-0.1, -0.05) is 29.8 Å². The number of halogens is 3. The zero-order chi connectivity index (χ0) is 15.6. The summed E-state index contributed by atoms with van der Waals surface area (Å²) in [5.41, 5.74) is 7.46. The van der Waals surface area contributed by atoms with Crippen LogP contribution in [0, 0.1) is 6.92 Å². The molecule has 112 valence electrons. The molecule has 1 heterocycles. The molecule has 3 nitrogen and oxygen atoms in total. The number of hydrogen-bond acceptors (Lipinski definition) is 3. The van der Waals surface area contributed by atoms with Gasteiger partial charge in [0.25, 0.3) is 0 Å². The van der Waals surface area contributed by atoms with Crippen LogP contribution in [-0.4, -0.2) is 12.0 Å². The topological polar surface area (TPSA) is 42.2 Å². The van der Waals surface area contributed by atoms with Crippen LogP contribution in [0.4, 0.5) is 24.5 Å². The first-order chi connectivity index (χ1) is 9.77. The lowest BCUT2D eigenvalue weighted by Crippen LogP contribution is -2.19. The smallest absolute Gasteiger partial charge is 0.396 e. The number of rotatable bonds is 3. The monoisotopic (exact) mass is 295 g/mol. The van der Waals surface area contributed by atoms with E-state index in [-0.39, 0.29) is 5.69 Å². The molecule has 0 atom stereocenters. The number of alkyl halides is 3. The predicted octanol–water partition coefficient (Wildman–Crippen LogP) is 3.63. The van der Waals surface area contributed by atoms with Crippen LogP contribution in [-0.2, 0) is 12.7 Å². The maximum Gasteiger partial charge on any atom is 0.433 e. The molecule has 0 aliphatic carbocycles. The molecule has 2 rings (SSSR count). The Kier molecular flexibility index (Phi) is 4.06. The number of hydrogen-bond donors (Lipinski definition) is 1. The van der Waals surface area contributed by atoms with Crippen LogP contribution in [0.1, 0.15) is 16.8 Å². The number of benzene rings is 1. The van der Waals surface area contributed by atoms with Gasteiger partial charge in [0.05, 0.1) is 17.6 Å². The fourth-order valence-corrected chi connectivity index (χ4v) is 1.99. The molecule has 0 saturated heterocycles. The van der Waals surface area contributed by atoms with Gasteiger partial charge in [0.15, 0.2) is 0 Å². The van der Waals surface area contributed by atoms with E-state index in [4.69, 9.17) is 5.73 Å². The minimum atomic E-state index is -4.48. The molecule has 1 aromatic carbocycles. The van der Waals surface area contributed by atoms with Crippen molar-refractivity contribution in [3.05, 3.63) is 53.3 Å². The normalized spacial score (nSPS) is 11.5. The number of aryl methyl sites for hydroxylation is 1. The number of anilines is 2. The highest BCUT2D eigenvalue weighted by molar-refractivity contribution is 5.66. The molecule has 2 N–H and O–H groups in total. The summed E-state index contributed by atoms with van der Waals surface area (Å²) < 4.78 is 38.1. The van der Waals surface area contributed by atoms with E-state index >= 15 is 0 Å². The van der Waals surface area contributed by atoms with Crippen molar-refractivity contribution in [2.45, 2.75) is 19.6 Å². The van der Waals surface area contributed by atoms with Gasteiger partial charge < -0.3 is 10.6 Å². The maximum atomic E-state index is 12.7. The largest absolute Gasteiger partial charge is 0.433 e. The van der Waals surface area contributed by atoms with Crippen LogP contribution >= 0.6 is 0 Å². The van der Waals surface area contributed by atoms with Crippen molar-refractivity contribution in [2.24, 2.45) is 0 Å². The van der Waals surface area contributed by atoms with Gasteiger partial charge in [-0.3, -0.25) is 0 Å². The third kappa shape index (κ3) is 3.65. The lowest BCUT2D eigenvalue weighted by Gasteiger charge is -2.22. The van der Waals surface area contributed by atoms with Crippen LogP contribution in [0.15, 0.2) is 36.5 Å². The average molecular weight is 295 g/mol. The van der Waals surface area contributed by atoms with Crippen LogP contribution in [0.3, 0.4) is 0 Å². The highest BCUT2D eigenvalue weighted by atomic mass is 19.4. The van der Waals surface area contributed by atoms with E-state index in [2.05, 4.69) is 4.98 Å². The molecule has 0 radical (unpaired) electrons. The standard InChI is InChI=1S/C15H16F3N3/c1-10-3-5-11(6-4-10)9-21(2)13-7-14(15(16,17)18)20-8-12(13)19/h3-8H,9,19H2,1-2H3. The Balaban J connectivity index is 2.26. The van der Waals surface area contributed by atoms with E-state index in [1.165, 1.54) is 0 Å². The molecule has 2 aromatic rings. The molecule has 0 aliphatic rings. The fourth-order valence-electron chi connectivity index (χ4n) is 1.99. The highest BCUT2D eigenvalue weighted by Gasteiger charge is 2.33. The van der Waals surface area contributed by atoms with Crippen molar-refractivity contribution in [2.75, 3.05) is 17.7 Å². The summed E-state index contributed by atoms with van der Waals surface area (Å²) in [7, 11) is 1.70. The summed E-state index contributed by atoms with van der Waals surface area (Å²) in [6.45, 7) is 2.44. The second kappa shape index (κ2) is 5.63. The number of aromatic nitrogens is 1. The third-order valence-electron chi connectivity index (χ3n) is 3.15. The molecule has 21 heavy (non-hydrogen) atoms. The van der Waals surface area contributed by atoms with E-state index in [9.17, 15) is 13.2 Å². The van der Waals surface area contributed by atoms with E-state index in [0.29, 0.717) is 12.2 Å². The van der Waals surface area contributed by atoms with Crippen molar-refractivity contribution in [3.63, 3.8) is 0 Å². The second-order valence-corrected chi connectivity index (χ2v) is 4.97. The summed E-state index contributed by atoms with van der Waals surface area (Å²) in [4.78, 5) is 5.01. The van der Waals surface area contributed by atoms with Gasteiger partial charge in [0.1, 0.15) is 5.69 Å². The van der Waals surface area contributed by atoms with Crippen LogP contribution in [0.2, 0.25) is 0 Å². The van der Waals surface area contributed by atoms with E-state index in [1.54, 1.807) is 11.9 Å². The number of pyridine rings is 1. The summed E-state index contributed by atoms with van der Waals surface area (Å²) in [6, 6.07) is 8.77. The van der Waals surface area contributed by atoms with E-state index in [0.717, 1.165) is 23.4 Å². The molecule has 0 unspecified atom stereocenters. The third-order valence-corrected chi connectivity index (χ3v) is 3.15.